The van der Waals surface area contributed by atoms with Gasteiger partial charge in [0.2, 0.25) is 0 Å². The third-order valence-corrected chi connectivity index (χ3v) is 13.3. The fourth-order valence-electron chi connectivity index (χ4n) is 9.49. The number of fused-ring (bicyclic) bond motifs is 2. The Kier molecular flexibility index (Phi) is 23.4. The van der Waals surface area contributed by atoms with E-state index in [-0.39, 0.29) is 104 Å². The molecule has 4 N–H and O–H groups in total. The molecule has 61 heavy (non-hydrogen) atoms. The summed E-state index contributed by atoms with van der Waals surface area (Å²) in [6.45, 7) is 16.3. The summed E-state index contributed by atoms with van der Waals surface area (Å²) in [6.07, 6.45) is 13.5. The third-order valence-electron chi connectivity index (χ3n) is 13.3. The molecule has 4 aliphatic carbocycles. The quantitative estimate of drug-likeness (QED) is 0.0962. The second-order valence-corrected chi connectivity index (χ2v) is 18.5. The molecule has 0 heterocycles. The number of esters is 2. The van der Waals surface area contributed by atoms with E-state index in [0.717, 1.165) is 25.7 Å². The van der Waals surface area contributed by atoms with Gasteiger partial charge >= 0.3 is 31.4 Å². The predicted molar refractivity (Wildman–Crippen MR) is 224 cm³/mol. The van der Waals surface area contributed by atoms with Crippen molar-refractivity contribution >= 4 is 23.9 Å². The Morgan fingerprint density at radius 1 is 0.639 bits per heavy atom. The van der Waals surface area contributed by atoms with Gasteiger partial charge in [-0.15, -0.1) is 0 Å². The fraction of sp³-hybridized carbons (Fsp3) is 0.750. The maximum Gasteiger partial charge on any atom is 2.00 e. The third kappa shape index (κ3) is 17.1. The van der Waals surface area contributed by atoms with E-state index in [1.165, 1.54) is 11.1 Å². The van der Waals surface area contributed by atoms with Crippen LogP contribution in [0.1, 0.15) is 132 Å². The molecule has 0 radical (unpaired) electrons. The molecule has 0 spiro atoms. The number of carbonyl (C=O) groups is 4. The van der Waals surface area contributed by atoms with Crippen LogP contribution < -0.4 is 10.2 Å². The van der Waals surface area contributed by atoms with Crippen LogP contribution in [-0.2, 0) is 48.1 Å². The molecule has 0 aliphatic heterocycles. The molecule has 0 aromatic heterocycles. The van der Waals surface area contributed by atoms with E-state index in [0.29, 0.717) is 37.5 Å². The van der Waals surface area contributed by atoms with E-state index < -0.39 is 49.2 Å². The summed E-state index contributed by atoms with van der Waals surface area (Å²) in [5, 5.41) is 61.3. The average Bonchev–Trinajstić information content (AvgIpc) is 3.15. The maximum atomic E-state index is 12.5. The molecule has 0 amide bonds. The van der Waals surface area contributed by atoms with E-state index in [1.807, 2.05) is 27.7 Å². The molecular formula is C48H74O12Zn. The molecule has 0 saturated carbocycles. The molecule has 0 aromatic carbocycles. The molecule has 13 heteroatoms. The minimum absolute atomic E-state index is 0. The van der Waals surface area contributed by atoms with Crippen LogP contribution >= 0.6 is 0 Å². The van der Waals surface area contributed by atoms with Crippen molar-refractivity contribution in [1.29, 1.82) is 0 Å². The number of aliphatic hydroxyl groups is 4. The number of hydrogen-bond donors (Lipinski definition) is 4. The minimum Gasteiger partial charge on any atom is -0.550 e. The van der Waals surface area contributed by atoms with Crippen molar-refractivity contribution in [3.63, 3.8) is 0 Å². The number of carbonyl (C=O) groups excluding carboxylic acids is 4. The first-order valence-corrected chi connectivity index (χ1v) is 22.6. The minimum atomic E-state index is -1.32. The second-order valence-electron chi connectivity index (χ2n) is 18.5. The summed E-state index contributed by atoms with van der Waals surface area (Å²) >= 11 is 0. The molecule has 0 saturated heterocycles. The molecule has 0 fully saturated rings. The van der Waals surface area contributed by atoms with E-state index in [4.69, 9.17) is 9.47 Å². The molecule has 0 aromatic rings. The van der Waals surface area contributed by atoms with Crippen LogP contribution in [0.5, 0.6) is 0 Å². The number of carboxylic acid groups (broad SMARTS) is 2. The van der Waals surface area contributed by atoms with Gasteiger partial charge in [-0.3, -0.25) is 9.59 Å². The van der Waals surface area contributed by atoms with Crippen molar-refractivity contribution in [3.05, 3.63) is 47.6 Å². The molecule has 4 aliphatic rings. The SMILES string of the molecule is CCC(C)C(=O)OC1CC(C)C=C2C=CC(C)C(CCC(O)CC(O)CC(=O)[O-])C21.CCC(C)C(=O)OC1CC(C)C=C2C=CC(C)C(CCC(O)CC(O)CC(=O)[O-])C21.[Zn+2]. The summed E-state index contributed by atoms with van der Waals surface area (Å²) in [5.41, 5.74) is 2.40. The average molecular weight is 908 g/mol. The number of aliphatic carboxylic acids is 2. The van der Waals surface area contributed by atoms with Crippen molar-refractivity contribution in [2.45, 2.75) is 169 Å². The monoisotopic (exact) mass is 906 g/mol. The first kappa shape index (κ1) is 54.4. The van der Waals surface area contributed by atoms with Gasteiger partial charge in [0.25, 0.3) is 0 Å². The summed E-state index contributed by atoms with van der Waals surface area (Å²) < 4.78 is 12.0. The first-order valence-electron chi connectivity index (χ1n) is 22.6. The van der Waals surface area contributed by atoms with Gasteiger partial charge in [0, 0.05) is 36.6 Å². The number of hydrogen-bond acceptors (Lipinski definition) is 12. The molecule has 0 bridgehead atoms. The Morgan fingerprint density at radius 3 is 1.30 bits per heavy atom. The van der Waals surface area contributed by atoms with Gasteiger partial charge in [0.05, 0.1) is 36.3 Å². The topological polar surface area (TPSA) is 214 Å². The largest absolute Gasteiger partial charge is 2.00 e. The predicted octanol–water partition coefficient (Wildman–Crippen LogP) is 4.76. The van der Waals surface area contributed by atoms with Crippen molar-refractivity contribution in [2.24, 2.45) is 59.2 Å². The standard InChI is InChI=1S/2C24H38O6.Zn/c2*1-5-15(3)24(29)30-21-11-14(2)10-17-7-6-16(4)20(23(17)21)9-8-18(25)12-19(26)13-22(27)28;/h2*6-7,10,14-16,18-21,23,25-26H,5,8-9,11-13H2,1-4H3,(H,27,28);/q;;+2/p-2. The summed E-state index contributed by atoms with van der Waals surface area (Å²) in [4.78, 5) is 46.2. The normalized spacial score (nSPS) is 30.8. The van der Waals surface area contributed by atoms with Gasteiger partial charge in [-0.05, 0) is 111 Å². The second kappa shape index (κ2) is 26.2. The Bertz CT molecular complexity index is 1430. The van der Waals surface area contributed by atoms with E-state index in [9.17, 15) is 49.8 Å². The summed E-state index contributed by atoms with van der Waals surface area (Å²) in [7, 11) is 0. The Morgan fingerprint density at radius 2 is 0.984 bits per heavy atom. The molecular weight excluding hydrogens is 834 g/mol. The molecule has 16 atom stereocenters. The molecule has 4 rings (SSSR count). The zero-order valence-corrected chi connectivity index (χ0v) is 40.9. The van der Waals surface area contributed by atoms with Gasteiger partial charge < -0.3 is 49.7 Å². The van der Waals surface area contributed by atoms with Crippen LogP contribution in [-0.4, -0.2) is 80.9 Å². The summed E-state index contributed by atoms with van der Waals surface area (Å²) in [5.74, 6) is -1.41. The fourth-order valence-corrected chi connectivity index (χ4v) is 9.49. The summed E-state index contributed by atoms with van der Waals surface area (Å²) in [6, 6.07) is 0. The van der Waals surface area contributed by atoms with Crippen LogP contribution in [0.25, 0.3) is 0 Å². The number of allylic oxidation sites excluding steroid dienone is 6. The van der Waals surface area contributed by atoms with E-state index in [2.05, 4.69) is 64.2 Å². The molecule has 340 valence electrons. The van der Waals surface area contributed by atoms with Crippen LogP contribution in [0.2, 0.25) is 0 Å². The van der Waals surface area contributed by atoms with Gasteiger partial charge in [-0.1, -0.05) is 91.8 Å². The van der Waals surface area contributed by atoms with E-state index >= 15 is 0 Å². The van der Waals surface area contributed by atoms with Crippen molar-refractivity contribution in [3.8, 4) is 0 Å². The Balaban J connectivity index is 0.000000413. The van der Waals surface area contributed by atoms with Gasteiger partial charge in [-0.2, -0.15) is 0 Å². The zero-order chi connectivity index (χ0) is 44.8. The van der Waals surface area contributed by atoms with Crippen LogP contribution in [0, 0.1) is 59.2 Å². The van der Waals surface area contributed by atoms with Gasteiger partial charge in [0.15, 0.2) is 0 Å². The maximum absolute atomic E-state index is 12.5. The zero-order valence-electron chi connectivity index (χ0n) is 37.9. The Hall–Kier alpha value is -2.70. The first-order chi connectivity index (χ1) is 28.2. The van der Waals surface area contributed by atoms with Crippen LogP contribution in [0.4, 0.5) is 0 Å². The number of ether oxygens (including phenoxy) is 2. The smallest absolute Gasteiger partial charge is 0.550 e. The number of aliphatic hydroxyl groups excluding tert-OH is 4. The van der Waals surface area contributed by atoms with Crippen LogP contribution in [0.3, 0.4) is 0 Å². The van der Waals surface area contributed by atoms with Crippen molar-refractivity contribution in [1.82, 2.24) is 0 Å². The number of rotatable bonds is 20. The van der Waals surface area contributed by atoms with E-state index in [1.54, 1.807) is 0 Å². The van der Waals surface area contributed by atoms with Crippen molar-refractivity contribution < 1.29 is 78.8 Å². The molecule has 12 nitrogen and oxygen atoms in total. The van der Waals surface area contributed by atoms with Gasteiger partial charge in [-0.25, -0.2) is 0 Å². The molecule has 16 unspecified atom stereocenters. The van der Waals surface area contributed by atoms with Gasteiger partial charge in [0.1, 0.15) is 12.2 Å². The Labute approximate surface area is 377 Å². The number of carboxylic acids is 2. The van der Waals surface area contributed by atoms with Crippen LogP contribution in [0.15, 0.2) is 47.6 Å². The van der Waals surface area contributed by atoms with Crippen molar-refractivity contribution in [2.75, 3.05) is 0 Å².